The molecule has 1 heterocycles. The van der Waals surface area contributed by atoms with Crippen molar-refractivity contribution in [1.82, 2.24) is 15.6 Å². The number of aromatic nitrogens is 1. The van der Waals surface area contributed by atoms with Gasteiger partial charge >= 0.3 is 0 Å². The van der Waals surface area contributed by atoms with E-state index in [2.05, 4.69) is 51.1 Å². The van der Waals surface area contributed by atoms with E-state index in [9.17, 15) is 0 Å². The first-order chi connectivity index (χ1) is 12.6. The van der Waals surface area contributed by atoms with Gasteiger partial charge in [-0.3, -0.25) is 4.99 Å². The van der Waals surface area contributed by atoms with Crippen LogP contribution >= 0.6 is 11.3 Å². The van der Waals surface area contributed by atoms with Crippen molar-refractivity contribution < 1.29 is 0 Å². The zero-order valence-electron chi connectivity index (χ0n) is 16.2. The van der Waals surface area contributed by atoms with E-state index in [0.717, 1.165) is 16.8 Å². The van der Waals surface area contributed by atoms with E-state index in [4.69, 9.17) is 0 Å². The lowest BCUT2D eigenvalue weighted by atomic mass is 9.89. The Kier molecular flexibility index (Phi) is 6.14. The minimum Gasteiger partial charge on any atom is -0.354 e. The topological polar surface area (TPSA) is 52.6 Å². The first kappa shape index (κ1) is 18.7. The predicted octanol–water partition coefficient (Wildman–Crippen LogP) is 3.51. The lowest BCUT2D eigenvalue weighted by molar-refractivity contribution is 0.664. The van der Waals surface area contributed by atoms with Gasteiger partial charge in [0.1, 0.15) is 0 Å². The standard InChI is InChI=1S/C20H29N5S/c1-14(16-10-9-15-7-5-6-8-17(15)11-16)23-19(21-2)22-12-18-13-26-20(24-18)25(3)4/h9-11,13-14H,5-8,12H2,1-4H3,(H2,21,22,23). The van der Waals surface area contributed by atoms with Crippen LogP contribution in [0.25, 0.3) is 0 Å². The molecule has 2 N–H and O–H groups in total. The number of hydrogen-bond donors (Lipinski definition) is 2. The quantitative estimate of drug-likeness (QED) is 0.624. The van der Waals surface area contributed by atoms with Crippen LogP contribution in [0, 0.1) is 0 Å². The fourth-order valence-electron chi connectivity index (χ4n) is 3.26. The summed E-state index contributed by atoms with van der Waals surface area (Å²) in [5, 5.41) is 9.97. The molecule has 0 bridgehead atoms. The van der Waals surface area contributed by atoms with Crippen LogP contribution < -0.4 is 15.5 Å². The van der Waals surface area contributed by atoms with Gasteiger partial charge in [-0.25, -0.2) is 4.98 Å². The Morgan fingerprint density at radius 1 is 1.27 bits per heavy atom. The van der Waals surface area contributed by atoms with Crippen molar-refractivity contribution in [3.05, 3.63) is 46.0 Å². The van der Waals surface area contributed by atoms with Crippen molar-refractivity contribution in [2.45, 2.75) is 45.2 Å². The van der Waals surface area contributed by atoms with Gasteiger partial charge in [0.25, 0.3) is 0 Å². The third kappa shape index (κ3) is 4.55. The van der Waals surface area contributed by atoms with Gasteiger partial charge in [-0.15, -0.1) is 11.3 Å². The van der Waals surface area contributed by atoms with Gasteiger partial charge in [0.15, 0.2) is 11.1 Å². The number of aliphatic imine (C=N–C) groups is 1. The zero-order valence-corrected chi connectivity index (χ0v) is 17.0. The number of fused-ring (bicyclic) bond motifs is 1. The molecule has 0 spiro atoms. The molecule has 0 amide bonds. The van der Waals surface area contributed by atoms with E-state index in [1.54, 1.807) is 18.4 Å². The highest BCUT2D eigenvalue weighted by atomic mass is 32.1. The fraction of sp³-hybridized carbons (Fsp3) is 0.500. The van der Waals surface area contributed by atoms with Gasteiger partial charge in [0.05, 0.1) is 18.3 Å². The molecule has 0 aliphatic heterocycles. The smallest absolute Gasteiger partial charge is 0.191 e. The lowest BCUT2D eigenvalue weighted by Crippen LogP contribution is -2.38. The second kappa shape index (κ2) is 8.54. The molecule has 1 aromatic carbocycles. The summed E-state index contributed by atoms with van der Waals surface area (Å²) >= 11 is 1.66. The van der Waals surface area contributed by atoms with Gasteiger partial charge in [0.2, 0.25) is 0 Å². The molecule has 140 valence electrons. The summed E-state index contributed by atoms with van der Waals surface area (Å²) in [6.45, 7) is 2.85. The highest BCUT2D eigenvalue weighted by Crippen LogP contribution is 2.24. The molecule has 26 heavy (non-hydrogen) atoms. The summed E-state index contributed by atoms with van der Waals surface area (Å²) in [5.41, 5.74) is 5.39. The largest absolute Gasteiger partial charge is 0.354 e. The number of anilines is 1. The SMILES string of the molecule is CN=C(NCc1csc(N(C)C)n1)NC(C)c1ccc2c(c1)CCCC2. The highest BCUT2D eigenvalue weighted by Gasteiger charge is 2.13. The van der Waals surface area contributed by atoms with Crippen molar-refractivity contribution in [2.75, 3.05) is 26.0 Å². The number of nitrogens with one attached hydrogen (secondary N) is 2. The molecule has 2 aromatic rings. The Morgan fingerprint density at radius 3 is 2.73 bits per heavy atom. The Bertz CT molecular complexity index is 765. The van der Waals surface area contributed by atoms with Gasteiger partial charge in [0, 0.05) is 26.5 Å². The summed E-state index contributed by atoms with van der Waals surface area (Å²) in [7, 11) is 5.83. The van der Waals surface area contributed by atoms with Gasteiger partial charge < -0.3 is 15.5 Å². The Morgan fingerprint density at radius 2 is 2.04 bits per heavy atom. The molecule has 6 heteroatoms. The molecule has 3 rings (SSSR count). The van der Waals surface area contributed by atoms with E-state index in [-0.39, 0.29) is 6.04 Å². The zero-order chi connectivity index (χ0) is 18.5. The molecule has 0 radical (unpaired) electrons. The molecular weight excluding hydrogens is 342 g/mol. The van der Waals surface area contributed by atoms with Crippen molar-refractivity contribution in [3.63, 3.8) is 0 Å². The fourth-order valence-corrected chi connectivity index (χ4v) is 4.02. The van der Waals surface area contributed by atoms with Crippen molar-refractivity contribution >= 4 is 22.4 Å². The summed E-state index contributed by atoms with van der Waals surface area (Å²) < 4.78 is 0. The molecule has 1 aliphatic carbocycles. The maximum atomic E-state index is 4.60. The molecule has 1 unspecified atom stereocenters. The lowest BCUT2D eigenvalue weighted by Gasteiger charge is -2.21. The highest BCUT2D eigenvalue weighted by molar-refractivity contribution is 7.13. The van der Waals surface area contributed by atoms with Crippen LogP contribution in [0.4, 0.5) is 5.13 Å². The van der Waals surface area contributed by atoms with E-state index < -0.39 is 0 Å². The van der Waals surface area contributed by atoms with Crippen LogP contribution in [-0.4, -0.2) is 32.1 Å². The van der Waals surface area contributed by atoms with Crippen LogP contribution in [-0.2, 0) is 19.4 Å². The minimum atomic E-state index is 0.209. The monoisotopic (exact) mass is 371 g/mol. The number of rotatable bonds is 5. The number of guanidine groups is 1. The molecule has 0 fully saturated rings. The number of nitrogens with zero attached hydrogens (tertiary/aromatic N) is 3. The Hall–Kier alpha value is -2.08. The van der Waals surface area contributed by atoms with Crippen molar-refractivity contribution in [3.8, 4) is 0 Å². The number of aryl methyl sites for hydroxylation is 2. The first-order valence-electron chi connectivity index (χ1n) is 9.27. The van der Waals surface area contributed by atoms with Crippen molar-refractivity contribution in [2.24, 2.45) is 4.99 Å². The van der Waals surface area contributed by atoms with Crippen LogP contribution in [0.5, 0.6) is 0 Å². The number of thiazole rings is 1. The van der Waals surface area contributed by atoms with Crippen LogP contribution in [0.15, 0.2) is 28.6 Å². The second-order valence-electron chi connectivity index (χ2n) is 7.04. The predicted molar refractivity (Wildman–Crippen MR) is 111 cm³/mol. The van der Waals surface area contributed by atoms with Crippen LogP contribution in [0.2, 0.25) is 0 Å². The maximum absolute atomic E-state index is 4.60. The summed E-state index contributed by atoms with van der Waals surface area (Å²) in [5.74, 6) is 0.801. The summed E-state index contributed by atoms with van der Waals surface area (Å²) in [4.78, 5) is 11.0. The maximum Gasteiger partial charge on any atom is 0.191 e. The van der Waals surface area contributed by atoms with Crippen molar-refractivity contribution in [1.29, 1.82) is 0 Å². The molecule has 1 aromatic heterocycles. The molecule has 0 saturated carbocycles. The Balaban J connectivity index is 1.58. The molecular formula is C20H29N5S. The number of hydrogen-bond acceptors (Lipinski definition) is 4. The third-order valence-corrected chi connectivity index (χ3v) is 5.87. The van der Waals surface area contributed by atoms with Gasteiger partial charge in [-0.1, -0.05) is 18.2 Å². The van der Waals surface area contributed by atoms with Crippen LogP contribution in [0.1, 0.15) is 48.2 Å². The Labute approximate surface area is 160 Å². The minimum absolute atomic E-state index is 0.209. The first-order valence-corrected chi connectivity index (χ1v) is 10.2. The summed E-state index contributed by atoms with van der Waals surface area (Å²) in [6, 6.07) is 7.12. The average molecular weight is 372 g/mol. The molecule has 0 saturated heterocycles. The molecule has 5 nitrogen and oxygen atoms in total. The third-order valence-electron chi connectivity index (χ3n) is 4.81. The van der Waals surface area contributed by atoms with Gasteiger partial charge in [-0.05, 0) is 49.3 Å². The van der Waals surface area contributed by atoms with Gasteiger partial charge in [-0.2, -0.15) is 0 Å². The molecule has 1 aliphatic rings. The molecule has 1 atom stereocenters. The normalized spacial score (nSPS) is 15.3. The number of benzene rings is 1. The average Bonchev–Trinajstić information content (AvgIpc) is 3.14. The van der Waals surface area contributed by atoms with E-state index in [1.807, 2.05) is 19.0 Å². The van der Waals surface area contributed by atoms with E-state index in [1.165, 1.54) is 42.4 Å². The van der Waals surface area contributed by atoms with E-state index in [0.29, 0.717) is 6.54 Å². The summed E-state index contributed by atoms with van der Waals surface area (Å²) in [6.07, 6.45) is 5.07. The van der Waals surface area contributed by atoms with E-state index >= 15 is 0 Å². The van der Waals surface area contributed by atoms with Crippen LogP contribution in [0.3, 0.4) is 0 Å². The second-order valence-corrected chi connectivity index (χ2v) is 7.88.